The van der Waals surface area contributed by atoms with Crippen LogP contribution in [0.1, 0.15) is 70.4 Å². The number of carbonyl (C=O) groups excluding carboxylic acids is 6. The molecule has 1 aliphatic heterocycles. The molecule has 16 heteroatoms. The quantitative estimate of drug-likeness (QED) is 0.0560. The fraction of sp³-hybridized carbons (Fsp3) is 0.600. The van der Waals surface area contributed by atoms with Gasteiger partial charge < -0.3 is 41.2 Å². The first-order valence-electron chi connectivity index (χ1n) is 17.2. The van der Waals surface area contributed by atoms with Crippen LogP contribution in [0.2, 0.25) is 0 Å². The van der Waals surface area contributed by atoms with Crippen LogP contribution in [0.4, 0.5) is 10.5 Å². The highest BCUT2D eigenvalue weighted by Crippen LogP contribution is 2.20. The molecule has 1 aliphatic rings. The Morgan fingerprint density at radius 3 is 2.35 bits per heavy atom. The second-order valence-electron chi connectivity index (χ2n) is 12.8. The summed E-state index contributed by atoms with van der Waals surface area (Å²) in [5, 5.41) is 10.5. The van der Waals surface area contributed by atoms with Gasteiger partial charge in [-0.25, -0.2) is 4.79 Å². The standard InChI is InChI=1S/C35H53BN6O9/c1-24(51-19-15-35(2,3)49-4)7-5-8-25-21-27(11-10-26(25)22-36)40-33(47)28(9-6-16-38-34(37)48)41-30(44)23-39-29(43)14-18-50-20-17-42-31(45)12-13-32(42)46/h10-13,21,24,28H,5-9,14-20,22-23H2,1-4H3,(H,39,43)(H,40,47)(H,41,44)(H3,37,38,48). The van der Waals surface area contributed by atoms with Crippen LogP contribution in [0.15, 0.2) is 30.4 Å². The van der Waals surface area contributed by atoms with Gasteiger partial charge in [0.2, 0.25) is 17.7 Å². The Kier molecular flexibility index (Phi) is 18.9. The Bertz CT molecular complexity index is 1350. The van der Waals surface area contributed by atoms with Gasteiger partial charge in [-0.1, -0.05) is 17.9 Å². The van der Waals surface area contributed by atoms with Crippen LogP contribution in [-0.2, 0) is 50.9 Å². The lowest BCUT2D eigenvalue weighted by atomic mass is 9.90. The van der Waals surface area contributed by atoms with Gasteiger partial charge in [-0.15, -0.1) is 0 Å². The van der Waals surface area contributed by atoms with E-state index in [9.17, 15) is 28.8 Å². The Morgan fingerprint density at radius 1 is 0.961 bits per heavy atom. The summed E-state index contributed by atoms with van der Waals surface area (Å²) in [7, 11) is 7.68. The molecule has 1 heterocycles. The van der Waals surface area contributed by atoms with Gasteiger partial charge in [-0.2, -0.15) is 0 Å². The largest absolute Gasteiger partial charge is 0.379 e. The number of nitrogens with one attached hydrogen (secondary N) is 4. The monoisotopic (exact) mass is 712 g/mol. The highest BCUT2D eigenvalue weighted by molar-refractivity contribution is 6.12. The summed E-state index contributed by atoms with van der Waals surface area (Å²) in [6, 6.07) is 3.81. The van der Waals surface area contributed by atoms with E-state index in [-0.39, 0.29) is 57.4 Å². The molecule has 0 saturated carbocycles. The summed E-state index contributed by atoms with van der Waals surface area (Å²) < 4.78 is 16.7. The average molecular weight is 713 g/mol. The van der Waals surface area contributed by atoms with Gasteiger partial charge >= 0.3 is 6.03 Å². The van der Waals surface area contributed by atoms with E-state index in [0.717, 1.165) is 41.7 Å². The average Bonchev–Trinajstić information content (AvgIpc) is 3.40. The fourth-order valence-corrected chi connectivity index (χ4v) is 5.01. The summed E-state index contributed by atoms with van der Waals surface area (Å²) in [6.45, 7) is 6.64. The van der Waals surface area contributed by atoms with Crippen molar-refractivity contribution in [2.45, 2.75) is 89.8 Å². The summed E-state index contributed by atoms with van der Waals surface area (Å²) in [4.78, 5) is 73.6. The Morgan fingerprint density at radius 2 is 1.69 bits per heavy atom. The molecule has 1 aromatic carbocycles. The van der Waals surface area contributed by atoms with Crippen LogP contribution in [0, 0.1) is 0 Å². The van der Waals surface area contributed by atoms with E-state index in [2.05, 4.69) is 21.3 Å². The van der Waals surface area contributed by atoms with Crippen molar-refractivity contribution in [1.29, 1.82) is 0 Å². The maximum absolute atomic E-state index is 13.4. The van der Waals surface area contributed by atoms with Crippen LogP contribution < -0.4 is 27.0 Å². The molecule has 280 valence electrons. The normalized spacial score (nSPS) is 13.9. The molecule has 0 bridgehead atoms. The van der Waals surface area contributed by atoms with E-state index in [4.69, 9.17) is 27.8 Å². The second-order valence-corrected chi connectivity index (χ2v) is 12.8. The summed E-state index contributed by atoms with van der Waals surface area (Å²) >= 11 is 0. The first-order chi connectivity index (χ1) is 24.2. The summed E-state index contributed by atoms with van der Waals surface area (Å²) in [5.41, 5.74) is 7.40. The van der Waals surface area contributed by atoms with Gasteiger partial charge in [-0.05, 0) is 77.0 Å². The van der Waals surface area contributed by atoms with Crippen molar-refractivity contribution in [1.82, 2.24) is 20.9 Å². The fourth-order valence-electron chi connectivity index (χ4n) is 5.01. The molecule has 7 amide bonds. The molecule has 0 aromatic heterocycles. The van der Waals surface area contributed by atoms with Crippen molar-refractivity contribution < 1.29 is 43.0 Å². The number of primary amides is 1. The van der Waals surface area contributed by atoms with Crippen molar-refractivity contribution >= 4 is 49.1 Å². The predicted molar refractivity (Wildman–Crippen MR) is 192 cm³/mol. The van der Waals surface area contributed by atoms with Gasteiger partial charge in [0, 0.05) is 44.5 Å². The van der Waals surface area contributed by atoms with Crippen molar-refractivity contribution in [2.75, 3.05) is 51.9 Å². The van der Waals surface area contributed by atoms with Gasteiger partial charge in [0.15, 0.2) is 0 Å². The highest BCUT2D eigenvalue weighted by Gasteiger charge is 2.23. The minimum atomic E-state index is -0.975. The number of nitrogens with two attached hydrogens (primary N) is 1. The molecule has 0 spiro atoms. The van der Waals surface area contributed by atoms with Crippen molar-refractivity contribution in [2.24, 2.45) is 5.73 Å². The zero-order valence-corrected chi connectivity index (χ0v) is 30.2. The third-order valence-corrected chi connectivity index (χ3v) is 8.31. The maximum Gasteiger partial charge on any atom is 0.312 e. The Hall–Kier alpha value is -4.28. The second kappa shape index (κ2) is 22.5. The number of carbonyl (C=O) groups is 6. The molecular weight excluding hydrogens is 659 g/mol. The number of anilines is 1. The van der Waals surface area contributed by atoms with Gasteiger partial charge in [0.25, 0.3) is 11.8 Å². The number of ether oxygens (including phenoxy) is 3. The number of hydrogen-bond acceptors (Lipinski definition) is 9. The molecule has 0 fully saturated rings. The van der Waals surface area contributed by atoms with Gasteiger partial charge in [-0.3, -0.25) is 28.9 Å². The molecule has 2 unspecified atom stereocenters. The van der Waals surface area contributed by atoms with E-state index in [1.54, 1.807) is 13.2 Å². The molecule has 2 rings (SSSR count). The number of imide groups is 1. The van der Waals surface area contributed by atoms with Crippen LogP contribution >= 0.6 is 0 Å². The topological polar surface area (TPSA) is 207 Å². The number of rotatable bonds is 25. The van der Waals surface area contributed by atoms with Crippen molar-refractivity contribution in [3.8, 4) is 0 Å². The number of benzene rings is 1. The minimum Gasteiger partial charge on any atom is -0.379 e. The molecule has 2 atom stereocenters. The number of amides is 7. The van der Waals surface area contributed by atoms with Gasteiger partial charge in [0.05, 0.1) is 45.9 Å². The lowest BCUT2D eigenvalue weighted by molar-refractivity contribution is -0.138. The Balaban J connectivity index is 1.88. The number of aryl methyl sites for hydroxylation is 1. The number of urea groups is 1. The lowest BCUT2D eigenvalue weighted by Gasteiger charge is -2.23. The van der Waals surface area contributed by atoms with Crippen molar-refractivity contribution in [3.05, 3.63) is 41.5 Å². The van der Waals surface area contributed by atoms with Gasteiger partial charge in [0.1, 0.15) is 6.04 Å². The lowest BCUT2D eigenvalue weighted by Crippen LogP contribution is -2.47. The van der Waals surface area contributed by atoms with Crippen LogP contribution in [0.5, 0.6) is 0 Å². The molecule has 15 nitrogen and oxygen atoms in total. The molecule has 51 heavy (non-hydrogen) atoms. The minimum absolute atomic E-state index is 0.0140. The predicted octanol–water partition coefficient (Wildman–Crippen LogP) is 1.22. The first-order valence-corrected chi connectivity index (χ1v) is 17.2. The Labute approximate surface area is 301 Å². The van der Waals surface area contributed by atoms with E-state index in [1.165, 1.54) is 12.2 Å². The summed E-state index contributed by atoms with van der Waals surface area (Å²) in [6.07, 6.45) is 6.43. The SMILES string of the molecule is [B]Cc1ccc(NC(=O)C(CCCNC(N)=O)NC(=O)CNC(=O)CCOCCN2C(=O)C=CC2=O)cc1CCCC(C)OCCC(C)(C)OC. The van der Waals surface area contributed by atoms with E-state index in [1.807, 2.05) is 32.9 Å². The zero-order valence-electron chi connectivity index (χ0n) is 30.2. The van der Waals surface area contributed by atoms with E-state index in [0.29, 0.717) is 25.0 Å². The van der Waals surface area contributed by atoms with Crippen LogP contribution in [-0.4, -0.2) is 113 Å². The highest BCUT2D eigenvalue weighted by atomic mass is 16.5. The molecular formula is C35H53BN6O9. The smallest absolute Gasteiger partial charge is 0.312 e. The van der Waals surface area contributed by atoms with Crippen LogP contribution in [0.25, 0.3) is 0 Å². The zero-order chi connectivity index (χ0) is 37.8. The molecule has 1 aromatic rings. The number of hydrogen-bond donors (Lipinski definition) is 5. The summed E-state index contributed by atoms with van der Waals surface area (Å²) in [5.74, 6) is -2.36. The molecule has 0 aliphatic carbocycles. The molecule has 2 radical (unpaired) electrons. The van der Waals surface area contributed by atoms with E-state index >= 15 is 0 Å². The molecule has 0 saturated heterocycles. The van der Waals surface area contributed by atoms with E-state index < -0.39 is 41.6 Å². The molecule has 6 N–H and O–H groups in total. The van der Waals surface area contributed by atoms with Crippen molar-refractivity contribution in [3.63, 3.8) is 0 Å². The third kappa shape index (κ3) is 17.0. The third-order valence-electron chi connectivity index (χ3n) is 8.31. The number of nitrogens with zero attached hydrogens (tertiary/aromatic N) is 1. The van der Waals surface area contributed by atoms with Crippen LogP contribution in [0.3, 0.4) is 0 Å². The maximum atomic E-state index is 13.4. The number of methoxy groups -OCH3 is 1. The first kappa shape index (κ1) is 42.9.